The Balaban J connectivity index is 1.75. The minimum Gasteiger partial charge on any atom is -0.448 e. The molecule has 0 spiro atoms. The fraction of sp³-hybridized carbons (Fsp3) is 0.179. The summed E-state index contributed by atoms with van der Waals surface area (Å²) >= 11 is 3.36. The summed E-state index contributed by atoms with van der Waals surface area (Å²) in [6.07, 6.45) is -0.756. The number of benzene rings is 3. The maximum absolute atomic E-state index is 13.5. The quantitative estimate of drug-likeness (QED) is 0.316. The number of hydrogen-bond acceptors (Lipinski definition) is 4. The highest BCUT2D eigenvalue weighted by Crippen LogP contribution is 2.31. The van der Waals surface area contributed by atoms with Crippen LogP contribution in [-0.4, -0.2) is 22.5 Å². The maximum atomic E-state index is 13.5. The van der Waals surface area contributed by atoms with Gasteiger partial charge in [0.05, 0.1) is 0 Å². The van der Waals surface area contributed by atoms with Crippen molar-refractivity contribution in [1.29, 1.82) is 0 Å². The monoisotopic (exact) mass is 532 g/mol. The van der Waals surface area contributed by atoms with Crippen LogP contribution in [0.15, 0.2) is 82.1 Å². The molecule has 0 aliphatic heterocycles. The van der Waals surface area contributed by atoms with Crippen LogP contribution in [0.3, 0.4) is 0 Å². The van der Waals surface area contributed by atoms with Crippen molar-refractivity contribution in [3.63, 3.8) is 0 Å². The van der Waals surface area contributed by atoms with E-state index in [0.29, 0.717) is 22.0 Å². The number of carbonyl (C=O) groups is 2. The number of nitrogens with zero attached hydrogens (tertiary/aromatic N) is 1. The van der Waals surface area contributed by atoms with Crippen LogP contribution in [0.1, 0.15) is 29.4 Å². The first-order valence-corrected chi connectivity index (χ1v) is 12.1. The van der Waals surface area contributed by atoms with Gasteiger partial charge < -0.3 is 14.6 Å². The molecule has 0 aliphatic rings. The number of esters is 1. The third-order valence-electron chi connectivity index (χ3n) is 5.86. The number of fused-ring (bicyclic) bond motifs is 1. The summed E-state index contributed by atoms with van der Waals surface area (Å²) in [7, 11) is 1.55. The van der Waals surface area contributed by atoms with Crippen LogP contribution in [0.25, 0.3) is 21.9 Å². The number of nitrogens with one attached hydrogen (secondary N) is 1. The number of halogens is 1. The number of hydrogen-bond donors (Lipinski definition) is 1. The molecular formula is C28H25BrN2O4. The Morgan fingerprint density at radius 2 is 1.60 bits per heavy atom. The number of pyridine rings is 1. The fourth-order valence-corrected chi connectivity index (χ4v) is 4.24. The topological polar surface area (TPSA) is 77.4 Å². The van der Waals surface area contributed by atoms with E-state index in [1.807, 2.05) is 43.3 Å². The van der Waals surface area contributed by atoms with Crippen LogP contribution < -0.4 is 10.9 Å². The molecule has 178 valence electrons. The van der Waals surface area contributed by atoms with Gasteiger partial charge in [0.25, 0.3) is 11.5 Å². The van der Waals surface area contributed by atoms with Gasteiger partial charge in [0.15, 0.2) is 6.10 Å². The Kier molecular flexibility index (Phi) is 7.17. The summed E-state index contributed by atoms with van der Waals surface area (Å²) in [4.78, 5) is 39.5. The van der Waals surface area contributed by atoms with Gasteiger partial charge in [-0.2, -0.15) is 0 Å². The first-order chi connectivity index (χ1) is 16.8. The van der Waals surface area contributed by atoms with Gasteiger partial charge in [-0.3, -0.25) is 9.59 Å². The lowest BCUT2D eigenvalue weighted by Crippen LogP contribution is -2.34. The third kappa shape index (κ3) is 5.05. The Bertz CT molecular complexity index is 1460. The number of aryl methyl sites for hydroxylation is 1. The van der Waals surface area contributed by atoms with E-state index in [1.165, 1.54) is 4.57 Å². The Morgan fingerprint density at radius 3 is 2.23 bits per heavy atom. The van der Waals surface area contributed by atoms with E-state index in [1.54, 1.807) is 50.4 Å². The lowest BCUT2D eigenvalue weighted by Gasteiger charge is -2.20. The number of rotatable bonds is 6. The van der Waals surface area contributed by atoms with Crippen LogP contribution in [0.4, 0.5) is 5.69 Å². The number of anilines is 1. The lowest BCUT2D eigenvalue weighted by molar-refractivity contribution is -0.124. The predicted molar refractivity (Wildman–Crippen MR) is 142 cm³/mol. The summed E-state index contributed by atoms with van der Waals surface area (Å²) in [6, 6.07) is 22.0. The molecule has 6 nitrogen and oxygen atoms in total. The van der Waals surface area contributed by atoms with Crippen LogP contribution in [0.5, 0.6) is 0 Å². The molecule has 3 aromatic carbocycles. The van der Waals surface area contributed by atoms with Gasteiger partial charge in [0.2, 0.25) is 0 Å². The van der Waals surface area contributed by atoms with E-state index in [2.05, 4.69) is 21.2 Å². The molecule has 0 saturated carbocycles. The Labute approximate surface area is 211 Å². The van der Waals surface area contributed by atoms with Crippen LogP contribution in [0.2, 0.25) is 0 Å². The molecule has 0 fully saturated rings. The predicted octanol–water partition coefficient (Wildman–Crippen LogP) is 5.85. The molecule has 0 radical (unpaired) electrons. The molecule has 0 saturated heterocycles. The van der Waals surface area contributed by atoms with Crippen molar-refractivity contribution in [3.8, 4) is 11.1 Å². The highest BCUT2D eigenvalue weighted by molar-refractivity contribution is 9.10. The molecule has 4 rings (SSSR count). The smallest absolute Gasteiger partial charge is 0.356 e. The normalized spacial score (nSPS) is 11.8. The third-order valence-corrected chi connectivity index (χ3v) is 6.39. The second-order valence-corrected chi connectivity index (χ2v) is 9.21. The molecule has 1 atom stereocenters. The van der Waals surface area contributed by atoms with Crippen molar-refractivity contribution < 1.29 is 14.3 Å². The van der Waals surface area contributed by atoms with E-state index in [-0.39, 0.29) is 17.7 Å². The first-order valence-electron chi connectivity index (χ1n) is 11.3. The average Bonchev–Trinajstić information content (AvgIpc) is 2.86. The molecule has 7 heteroatoms. The first kappa shape index (κ1) is 24.4. The zero-order chi connectivity index (χ0) is 25.1. The molecule has 35 heavy (non-hydrogen) atoms. The summed E-state index contributed by atoms with van der Waals surface area (Å²) in [5.41, 5.74) is 2.83. The van der Waals surface area contributed by atoms with Gasteiger partial charge in [-0.05, 0) is 54.6 Å². The highest BCUT2D eigenvalue weighted by atomic mass is 79.9. The van der Waals surface area contributed by atoms with Gasteiger partial charge in [0, 0.05) is 28.2 Å². The number of carbonyl (C=O) groups excluding carboxylic acids is 2. The van der Waals surface area contributed by atoms with Gasteiger partial charge in [0.1, 0.15) is 5.69 Å². The van der Waals surface area contributed by atoms with Crippen molar-refractivity contribution in [2.24, 2.45) is 7.05 Å². The second kappa shape index (κ2) is 10.3. The average molecular weight is 533 g/mol. The highest BCUT2D eigenvalue weighted by Gasteiger charge is 2.27. The SMILES string of the molecule is CCC(OC(=O)c1c(-c2ccc(C)cc2)c2ccccc2c(=O)n1C)C(=O)Nc1ccc(Br)cc1. The number of ether oxygens (including phenoxy) is 1. The molecule has 4 aromatic rings. The van der Waals surface area contributed by atoms with Crippen LogP contribution >= 0.6 is 15.9 Å². The van der Waals surface area contributed by atoms with Crippen molar-refractivity contribution >= 4 is 44.3 Å². The number of amides is 1. The number of aromatic nitrogens is 1. The van der Waals surface area contributed by atoms with E-state index in [9.17, 15) is 14.4 Å². The molecule has 1 heterocycles. The summed E-state index contributed by atoms with van der Waals surface area (Å²) in [5, 5.41) is 3.93. The largest absolute Gasteiger partial charge is 0.448 e. The van der Waals surface area contributed by atoms with Crippen LogP contribution in [0, 0.1) is 6.92 Å². The molecule has 1 amide bonds. The fourth-order valence-electron chi connectivity index (χ4n) is 3.98. The zero-order valence-electron chi connectivity index (χ0n) is 19.7. The Morgan fingerprint density at radius 1 is 0.971 bits per heavy atom. The van der Waals surface area contributed by atoms with Crippen LogP contribution in [-0.2, 0) is 16.6 Å². The van der Waals surface area contributed by atoms with Gasteiger partial charge in [-0.1, -0.05) is 70.9 Å². The summed E-state index contributed by atoms with van der Waals surface area (Å²) in [5.74, 6) is -1.17. The second-order valence-electron chi connectivity index (χ2n) is 8.30. The van der Waals surface area contributed by atoms with Gasteiger partial charge in [-0.25, -0.2) is 4.79 Å². The molecule has 1 unspecified atom stereocenters. The minimum absolute atomic E-state index is 0.104. The van der Waals surface area contributed by atoms with Crippen molar-refractivity contribution in [2.45, 2.75) is 26.4 Å². The van der Waals surface area contributed by atoms with E-state index in [0.717, 1.165) is 15.6 Å². The lowest BCUT2D eigenvalue weighted by atomic mass is 9.96. The summed E-state index contributed by atoms with van der Waals surface area (Å²) < 4.78 is 7.88. The Hall–Kier alpha value is -3.71. The molecule has 1 N–H and O–H groups in total. The van der Waals surface area contributed by atoms with Gasteiger partial charge >= 0.3 is 5.97 Å². The molecule has 0 bridgehead atoms. The van der Waals surface area contributed by atoms with Crippen molar-refractivity contribution in [1.82, 2.24) is 4.57 Å². The van der Waals surface area contributed by atoms with Gasteiger partial charge in [-0.15, -0.1) is 0 Å². The molecule has 0 aliphatic carbocycles. The van der Waals surface area contributed by atoms with E-state index < -0.39 is 18.0 Å². The van der Waals surface area contributed by atoms with Crippen molar-refractivity contribution in [2.75, 3.05) is 5.32 Å². The summed E-state index contributed by atoms with van der Waals surface area (Å²) in [6.45, 7) is 3.74. The van der Waals surface area contributed by atoms with E-state index >= 15 is 0 Å². The molecular weight excluding hydrogens is 508 g/mol. The standard InChI is InChI=1S/C28H25BrN2O4/c1-4-23(26(32)30-20-15-13-19(29)14-16-20)35-28(34)25-24(18-11-9-17(2)10-12-18)21-7-5-6-8-22(21)27(33)31(25)3/h5-16,23H,4H2,1-3H3,(H,30,32). The maximum Gasteiger partial charge on any atom is 0.356 e. The zero-order valence-corrected chi connectivity index (χ0v) is 21.3. The molecule has 1 aromatic heterocycles. The van der Waals surface area contributed by atoms with E-state index in [4.69, 9.17) is 4.74 Å². The van der Waals surface area contributed by atoms with Crippen molar-refractivity contribution in [3.05, 3.63) is 98.9 Å². The minimum atomic E-state index is -1.03.